The average molecular weight is 340 g/mol. The summed E-state index contributed by atoms with van der Waals surface area (Å²) in [6.07, 6.45) is 0. The van der Waals surface area contributed by atoms with Crippen molar-refractivity contribution < 1.29 is 17.9 Å². The maximum absolute atomic E-state index is 12.7. The Bertz CT molecular complexity index is 807. The molecular weight excluding hydrogens is 326 g/mol. The van der Waals surface area contributed by atoms with Gasteiger partial charge in [-0.3, -0.25) is 4.31 Å². The number of rotatable bonds is 3. The van der Waals surface area contributed by atoms with Crippen molar-refractivity contribution in [3.05, 3.63) is 47.5 Å². The van der Waals surface area contributed by atoms with Gasteiger partial charge in [-0.15, -0.1) is 0 Å². The van der Waals surface area contributed by atoms with Gasteiger partial charge in [0, 0.05) is 18.1 Å². The van der Waals surface area contributed by atoms with Gasteiger partial charge in [-0.25, -0.2) is 8.42 Å². The summed E-state index contributed by atoms with van der Waals surface area (Å²) in [6, 6.07) is 11.3. The number of hydrogen-bond donors (Lipinski definition) is 0. The molecule has 2 aromatic rings. The summed E-state index contributed by atoms with van der Waals surface area (Å²) < 4.78 is 37.5. The third-order valence-electron chi connectivity index (χ3n) is 3.34. The minimum absolute atomic E-state index is 0.138. The van der Waals surface area contributed by atoms with E-state index in [1.165, 1.54) is 23.5 Å². The van der Waals surface area contributed by atoms with Crippen LogP contribution < -0.4 is 13.8 Å². The third-order valence-corrected chi connectivity index (χ3v) is 5.36. The van der Waals surface area contributed by atoms with E-state index in [-0.39, 0.29) is 4.90 Å². The molecule has 0 fully saturated rings. The molecule has 2 aromatic carbocycles. The highest BCUT2D eigenvalue weighted by atomic mass is 35.5. The maximum atomic E-state index is 12.7. The van der Waals surface area contributed by atoms with E-state index in [9.17, 15) is 8.42 Å². The molecule has 1 aliphatic rings. The number of fused-ring (bicyclic) bond motifs is 1. The molecule has 22 heavy (non-hydrogen) atoms. The van der Waals surface area contributed by atoms with Crippen LogP contribution in [0.25, 0.3) is 0 Å². The molecule has 0 aromatic heterocycles. The summed E-state index contributed by atoms with van der Waals surface area (Å²) in [5.41, 5.74) is 0.488. The Hall–Kier alpha value is -1.92. The first-order valence-electron chi connectivity index (χ1n) is 6.62. The van der Waals surface area contributed by atoms with Crippen LogP contribution in [0.2, 0.25) is 5.02 Å². The molecule has 0 unspecified atom stereocenters. The van der Waals surface area contributed by atoms with Crippen LogP contribution in [0.15, 0.2) is 47.4 Å². The van der Waals surface area contributed by atoms with Crippen molar-refractivity contribution >= 4 is 27.3 Å². The van der Waals surface area contributed by atoms with E-state index in [0.717, 1.165) is 0 Å². The van der Waals surface area contributed by atoms with Crippen LogP contribution in [0.3, 0.4) is 0 Å². The molecule has 0 amide bonds. The molecule has 0 spiro atoms. The summed E-state index contributed by atoms with van der Waals surface area (Å²) in [4.78, 5) is 0.138. The molecule has 0 atom stereocenters. The summed E-state index contributed by atoms with van der Waals surface area (Å²) in [5.74, 6) is 0.988. The van der Waals surface area contributed by atoms with Crippen molar-refractivity contribution in [2.24, 2.45) is 0 Å². The first kappa shape index (κ1) is 15.0. The molecule has 5 nitrogen and oxygen atoms in total. The van der Waals surface area contributed by atoms with Crippen molar-refractivity contribution in [1.29, 1.82) is 0 Å². The monoisotopic (exact) mass is 339 g/mol. The van der Waals surface area contributed by atoms with E-state index in [2.05, 4.69) is 0 Å². The number of nitrogens with zero attached hydrogens (tertiary/aromatic N) is 1. The standard InChI is InChI=1S/C15H14ClNO4S/c1-17(12-4-2-3-11(16)9-12)22(18,19)13-5-6-14-15(10-13)21-8-7-20-14/h2-6,9-10H,7-8H2,1H3. The lowest BCUT2D eigenvalue weighted by atomic mass is 10.3. The first-order chi connectivity index (χ1) is 10.5. The van der Waals surface area contributed by atoms with Crippen LogP contribution in [-0.2, 0) is 10.0 Å². The molecule has 116 valence electrons. The van der Waals surface area contributed by atoms with E-state index < -0.39 is 10.0 Å². The highest BCUT2D eigenvalue weighted by Crippen LogP contribution is 2.34. The Morgan fingerprint density at radius 3 is 2.50 bits per heavy atom. The van der Waals surface area contributed by atoms with Crippen molar-refractivity contribution in [3.63, 3.8) is 0 Å². The molecule has 0 saturated heterocycles. The Morgan fingerprint density at radius 1 is 1.05 bits per heavy atom. The van der Waals surface area contributed by atoms with Crippen molar-refractivity contribution in [1.82, 2.24) is 0 Å². The number of benzene rings is 2. The lowest BCUT2D eigenvalue weighted by molar-refractivity contribution is 0.171. The Kier molecular flexibility index (Phi) is 3.88. The molecule has 0 aliphatic carbocycles. The number of hydrogen-bond acceptors (Lipinski definition) is 4. The predicted octanol–water partition coefficient (Wildman–Crippen LogP) is 2.94. The third kappa shape index (κ3) is 2.71. The normalized spacial score (nSPS) is 13.7. The Labute approximate surface area is 134 Å². The highest BCUT2D eigenvalue weighted by Gasteiger charge is 2.24. The molecule has 0 N–H and O–H groups in total. The van der Waals surface area contributed by atoms with Crippen LogP contribution in [0.4, 0.5) is 5.69 Å². The Balaban J connectivity index is 1.99. The van der Waals surface area contributed by atoms with Gasteiger partial charge in [0.2, 0.25) is 0 Å². The largest absolute Gasteiger partial charge is 0.486 e. The predicted molar refractivity (Wildman–Crippen MR) is 84.5 cm³/mol. The first-order valence-corrected chi connectivity index (χ1v) is 8.44. The van der Waals surface area contributed by atoms with Crippen LogP contribution in [0.1, 0.15) is 0 Å². The second-order valence-corrected chi connectivity index (χ2v) is 7.16. The minimum atomic E-state index is -3.70. The van der Waals surface area contributed by atoms with E-state index in [1.54, 1.807) is 30.3 Å². The zero-order chi connectivity index (χ0) is 15.7. The summed E-state index contributed by atoms with van der Waals surface area (Å²) >= 11 is 5.92. The van der Waals surface area contributed by atoms with Gasteiger partial charge < -0.3 is 9.47 Å². The number of anilines is 1. The van der Waals surface area contributed by atoms with E-state index in [1.807, 2.05) is 0 Å². The van der Waals surface area contributed by atoms with Crippen LogP contribution in [0, 0.1) is 0 Å². The van der Waals surface area contributed by atoms with Crippen LogP contribution in [-0.4, -0.2) is 28.7 Å². The topological polar surface area (TPSA) is 55.8 Å². The molecule has 0 saturated carbocycles. The minimum Gasteiger partial charge on any atom is -0.486 e. The second kappa shape index (κ2) is 5.70. The Morgan fingerprint density at radius 2 is 1.77 bits per heavy atom. The van der Waals surface area contributed by atoms with E-state index in [0.29, 0.717) is 35.4 Å². The molecule has 1 aliphatic heterocycles. The van der Waals surface area contributed by atoms with Crippen molar-refractivity contribution in [2.45, 2.75) is 4.90 Å². The van der Waals surface area contributed by atoms with Gasteiger partial charge in [-0.1, -0.05) is 17.7 Å². The molecule has 0 bridgehead atoms. The van der Waals surface area contributed by atoms with Gasteiger partial charge in [0.05, 0.1) is 10.6 Å². The second-order valence-electron chi connectivity index (χ2n) is 4.76. The number of halogens is 1. The van der Waals surface area contributed by atoms with Gasteiger partial charge >= 0.3 is 0 Å². The number of sulfonamides is 1. The zero-order valence-electron chi connectivity index (χ0n) is 11.8. The fraction of sp³-hybridized carbons (Fsp3) is 0.200. The van der Waals surface area contributed by atoms with E-state index >= 15 is 0 Å². The quantitative estimate of drug-likeness (QED) is 0.862. The van der Waals surface area contributed by atoms with Gasteiger partial charge in [0.15, 0.2) is 11.5 Å². The average Bonchev–Trinajstić information content (AvgIpc) is 2.53. The smallest absolute Gasteiger partial charge is 0.264 e. The molecule has 0 radical (unpaired) electrons. The number of ether oxygens (including phenoxy) is 2. The fourth-order valence-electron chi connectivity index (χ4n) is 2.15. The lowest BCUT2D eigenvalue weighted by Crippen LogP contribution is -2.26. The van der Waals surface area contributed by atoms with Crippen LogP contribution >= 0.6 is 11.6 Å². The molecular formula is C15H14ClNO4S. The molecule has 7 heteroatoms. The van der Waals surface area contributed by atoms with Gasteiger partial charge in [-0.2, -0.15) is 0 Å². The lowest BCUT2D eigenvalue weighted by Gasteiger charge is -2.22. The van der Waals surface area contributed by atoms with Crippen LogP contribution in [0.5, 0.6) is 11.5 Å². The van der Waals surface area contributed by atoms with Gasteiger partial charge in [0.25, 0.3) is 10.0 Å². The fourth-order valence-corrected chi connectivity index (χ4v) is 3.54. The SMILES string of the molecule is CN(c1cccc(Cl)c1)S(=O)(=O)c1ccc2c(c1)OCCO2. The maximum Gasteiger partial charge on any atom is 0.264 e. The summed E-state index contributed by atoms with van der Waals surface area (Å²) in [5, 5.41) is 0.474. The molecule has 1 heterocycles. The van der Waals surface area contributed by atoms with Crippen molar-refractivity contribution in [3.8, 4) is 11.5 Å². The summed E-state index contributed by atoms with van der Waals surface area (Å²) in [7, 11) is -2.22. The van der Waals surface area contributed by atoms with Crippen molar-refractivity contribution in [2.75, 3.05) is 24.6 Å². The van der Waals surface area contributed by atoms with Gasteiger partial charge in [-0.05, 0) is 30.3 Å². The van der Waals surface area contributed by atoms with Gasteiger partial charge in [0.1, 0.15) is 13.2 Å². The highest BCUT2D eigenvalue weighted by molar-refractivity contribution is 7.92. The van der Waals surface area contributed by atoms with E-state index in [4.69, 9.17) is 21.1 Å². The zero-order valence-corrected chi connectivity index (χ0v) is 13.4. The molecule has 3 rings (SSSR count). The summed E-state index contributed by atoms with van der Waals surface area (Å²) in [6.45, 7) is 0.863.